The van der Waals surface area contributed by atoms with Gasteiger partial charge in [-0.3, -0.25) is 4.90 Å². The zero-order valence-corrected chi connectivity index (χ0v) is 14.6. The first-order valence-corrected chi connectivity index (χ1v) is 9.52. The van der Waals surface area contributed by atoms with Crippen LogP contribution in [0.3, 0.4) is 0 Å². The lowest BCUT2D eigenvalue weighted by atomic mass is 9.69. The van der Waals surface area contributed by atoms with Gasteiger partial charge in [0.15, 0.2) is 0 Å². The Kier molecular flexibility index (Phi) is 4.46. The Bertz CT molecular complexity index is 714. The molecule has 2 nitrogen and oxygen atoms in total. The van der Waals surface area contributed by atoms with Crippen LogP contribution in [0.4, 0.5) is 0 Å². The van der Waals surface area contributed by atoms with Gasteiger partial charge in [-0.05, 0) is 30.5 Å². The van der Waals surface area contributed by atoms with Crippen LogP contribution >= 0.6 is 11.3 Å². The molecular weight excluding hydrogens is 312 g/mol. The minimum absolute atomic E-state index is 0.0802. The van der Waals surface area contributed by atoms with Crippen molar-refractivity contribution >= 4 is 11.3 Å². The maximum Gasteiger partial charge on any atom is 0.0795 e. The molecule has 4 rings (SSSR count). The largest absolute Gasteiger partial charge is 0.296 e. The predicted molar refractivity (Wildman–Crippen MR) is 100 cm³/mol. The van der Waals surface area contributed by atoms with E-state index in [1.165, 1.54) is 29.7 Å². The van der Waals surface area contributed by atoms with Crippen molar-refractivity contribution in [3.8, 4) is 0 Å². The number of thiazole rings is 1. The van der Waals surface area contributed by atoms with Gasteiger partial charge in [0.1, 0.15) is 0 Å². The van der Waals surface area contributed by atoms with Crippen molar-refractivity contribution in [2.24, 2.45) is 0 Å². The Morgan fingerprint density at radius 3 is 2.21 bits per heavy atom. The molecule has 0 aliphatic carbocycles. The van der Waals surface area contributed by atoms with Crippen LogP contribution in [0.5, 0.6) is 0 Å². The molecule has 0 spiro atoms. The Morgan fingerprint density at radius 2 is 1.62 bits per heavy atom. The monoisotopic (exact) mass is 334 g/mol. The first-order chi connectivity index (χ1) is 11.9. The van der Waals surface area contributed by atoms with Crippen LogP contribution in [0.15, 0.2) is 71.6 Å². The van der Waals surface area contributed by atoms with E-state index in [0.717, 1.165) is 19.6 Å². The summed E-state index contributed by atoms with van der Waals surface area (Å²) in [6, 6.07) is 22.0. The number of hydrogen-bond acceptors (Lipinski definition) is 3. The predicted octanol–water partition coefficient (Wildman–Crippen LogP) is 4.73. The molecule has 24 heavy (non-hydrogen) atoms. The van der Waals surface area contributed by atoms with Gasteiger partial charge in [0.05, 0.1) is 11.2 Å². The summed E-state index contributed by atoms with van der Waals surface area (Å²) in [5, 5.41) is 2.17. The number of nitrogens with zero attached hydrogens (tertiary/aromatic N) is 2. The van der Waals surface area contributed by atoms with Gasteiger partial charge in [0.25, 0.3) is 0 Å². The molecule has 122 valence electrons. The maximum absolute atomic E-state index is 4.48. The maximum atomic E-state index is 4.48. The molecule has 3 aromatic rings. The summed E-state index contributed by atoms with van der Waals surface area (Å²) in [4.78, 5) is 7.05. The highest BCUT2D eigenvalue weighted by atomic mass is 32.1. The molecule has 1 aromatic heterocycles. The van der Waals surface area contributed by atoms with Gasteiger partial charge in [0.2, 0.25) is 0 Å². The van der Waals surface area contributed by atoms with Crippen molar-refractivity contribution in [3.63, 3.8) is 0 Å². The van der Waals surface area contributed by atoms with E-state index in [-0.39, 0.29) is 5.41 Å². The second-order valence-electron chi connectivity index (χ2n) is 6.61. The minimum Gasteiger partial charge on any atom is -0.296 e. The van der Waals surface area contributed by atoms with E-state index >= 15 is 0 Å². The van der Waals surface area contributed by atoms with Crippen LogP contribution in [0.2, 0.25) is 0 Å². The molecule has 1 saturated heterocycles. The highest BCUT2D eigenvalue weighted by Crippen LogP contribution is 2.40. The highest BCUT2D eigenvalue weighted by Gasteiger charge is 2.38. The second kappa shape index (κ2) is 6.88. The Morgan fingerprint density at radius 1 is 0.958 bits per heavy atom. The first-order valence-electron chi connectivity index (χ1n) is 8.57. The van der Waals surface area contributed by atoms with Gasteiger partial charge >= 0.3 is 0 Å². The third-order valence-corrected chi connectivity index (χ3v) is 5.73. The number of aromatic nitrogens is 1. The van der Waals surface area contributed by atoms with Crippen LogP contribution in [0, 0.1) is 0 Å². The van der Waals surface area contributed by atoms with Crippen LogP contribution in [-0.4, -0.2) is 23.0 Å². The Balaban J connectivity index is 1.70. The molecular formula is C21H22N2S. The lowest BCUT2D eigenvalue weighted by molar-refractivity contribution is 0.160. The number of hydrogen-bond donors (Lipinski definition) is 0. The molecule has 1 aliphatic heterocycles. The van der Waals surface area contributed by atoms with Crippen molar-refractivity contribution in [3.05, 3.63) is 88.4 Å². The first kappa shape index (κ1) is 15.6. The fraction of sp³-hybridized carbons (Fsp3) is 0.286. The number of benzene rings is 2. The van der Waals surface area contributed by atoms with E-state index in [1.54, 1.807) is 11.3 Å². The molecule has 2 aromatic carbocycles. The fourth-order valence-electron chi connectivity index (χ4n) is 3.98. The summed E-state index contributed by atoms with van der Waals surface area (Å²) in [6.07, 6.45) is 2.42. The molecule has 0 radical (unpaired) electrons. The molecule has 0 atom stereocenters. The van der Waals surface area contributed by atoms with Crippen molar-refractivity contribution in [1.82, 2.24) is 9.88 Å². The minimum atomic E-state index is 0.0802. The van der Waals surface area contributed by atoms with Gasteiger partial charge in [-0.15, -0.1) is 11.3 Å². The van der Waals surface area contributed by atoms with Crippen molar-refractivity contribution in [2.75, 3.05) is 13.1 Å². The van der Waals surface area contributed by atoms with Crippen LogP contribution in [0.1, 0.15) is 29.7 Å². The number of piperidine rings is 1. The van der Waals surface area contributed by atoms with E-state index in [4.69, 9.17) is 0 Å². The van der Waals surface area contributed by atoms with Gasteiger partial charge in [-0.25, -0.2) is 4.98 Å². The molecule has 1 aliphatic rings. The number of likely N-dealkylation sites (tertiary alicyclic amines) is 1. The molecule has 3 heteroatoms. The van der Waals surface area contributed by atoms with Crippen LogP contribution in [-0.2, 0) is 12.0 Å². The van der Waals surface area contributed by atoms with Crippen molar-refractivity contribution < 1.29 is 0 Å². The van der Waals surface area contributed by atoms with Crippen molar-refractivity contribution in [2.45, 2.75) is 24.8 Å². The molecule has 0 unspecified atom stereocenters. The average Bonchev–Trinajstić information content (AvgIpc) is 3.16. The summed E-state index contributed by atoms with van der Waals surface area (Å²) in [7, 11) is 0. The lowest BCUT2D eigenvalue weighted by Gasteiger charge is -2.44. The van der Waals surface area contributed by atoms with Gasteiger partial charge < -0.3 is 0 Å². The third kappa shape index (κ3) is 3.02. The van der Waals surface area contributed by atoms with E-state index in [9.17, 15) is 0 Å². The van der Waals surface area contributed by atoms with E-state index in [0.29, 0.717) is 0 Å². The fourth-order valence-corrected chi connectivity index (χ4v) is 4.53. The van der Waals surface area contributed by atoms with Gasteiger partial charge in [-0.2, -0.15) is 0 Å². The molecule has 0 amide bonds. The van der Waals surface area contributed by atoms with Crippen LogP contribution < -0.4 is 0 Å². The highest BCUT2D eigenvalue weighted by molar-refractivity contribution is 7.07. The standard InChI is InChI=1S/C21H22N2S/c1-3-8-18(9-4-1)21(19-10-5-2-6-11-19)12-7-13-23(16-21)14-20-15-24-17-22-20/h1-6,8-11,15,17H,7,12-14,16H2. The zero-order chi connectivity index (χ0) is 16.2. The smallest absolute Gasteiger partial charge is 0.0795 e. The normalized spacial score (nSPS) is 17.7. The van der Waals surface area contributed by atoms with Crippen LogP contribution in [0.25, 0.3) is 0 Å². The van der Waals surface area contributed by atoms with Gasteiger partial charge in [0, 0.05) is 23.9 Å². The molecule has 0 N–H and O–H groups in total. The Labute approximate surface area is 147 Å². The summed E-state index contributed by atoms with van der Waals surface area (Å²) in [5.41, 5.74) is 6.06. The summed E-state index contributed by atoms with van der Waals surface area (Å²) in [6.45, 7) is 3.16. The molecule has 0 bridgehead atoms. The molecule has 2 heterocycles. The Hall–Kier alpha value is -1.97. The zero-order valence-electron chi connectivity index (χ0n) is 13.8. The molecule has 0 saturated carbocycles. The lowest BCUT2D eigenvalue weighted by Crippen LogP contribution is -2.46. The third-order valence-electron chi connectivity index (χ3n) is 5.09. The average molecular weight is 334 g/mol. The second-order valence-corrected chi connectivity index (χ2v) is 7.33. The number of rotatable bonds is 4. The summed E-state index contributed by atoms with van der Waals surface area (Å²) < 4.78 is 0. The topological polar surface area (TPSA) is 16.1 Å². The summed E-state index contributed by atoms with van der Waals surface area (Å²) >= 11 is 1.68. The van der Waals surface area contributed by atoms with E-state index < -0.39 is 0 Å². The quantitative estimate of drug-likeness (QED) is 0.686. The summed E-state index contributed by atoms with van der Waals surface area (Å²) in [5.74, 6) is 0. The van der Waals surface area contributed by atoms with Crippen molar-refractivity contribution in [1.29, 1.82) is 0 Å². The molecule has 1 fully saturated rings. The van der Waals surface area contributed by atoms with E-state index in [2.05, 4.69) is 75.9 Å². The van der Waals surface area contributed by atoms with E-state index in [1.807, 2.05) is 5.51 Å². The SMILES string of the molecule is c1ccc(C2(c3ccccc3)CCCN(Cc3cscn3)C2)cc1. The van der Waals surface area contributed by atoms with Gasteiger partial charge in [-0.1, -0.05) is 60.7 Å².